The third-order valence-corrected chi connectivity index (χ3v) is 4.69. The molecule has 0 fully saturated rings. The molecule has 10 heteroatoms. The Hall–Kier alpha value is -1.71. The molecule has 0 saturated heterocycles. The molecule has 0 aliphatic heterocycles. The number of nitrogens with one attached hydrogen (secondary N) is 1. The van der Waals surface area contributed by atoms with Gasteiger partial charge in [-0.05, 0) is 34.1 Å². The molecule has 21 heavy (non-hydrogen) atoms. The standard InChI is InChI=1S/C11H7BrClN3O4S/c12-7-1-4-11(14-6-7)15-21(19,20)10-3-2-8(16(17)18)5-9(10)13/h1-6H,(H,14,15). The van der Waals surface area contributed by atoms with Crippen molar-refractivity contribution in [2.75, 3.05) is 4.72 Å². The van der Waals surface area contributed by atoms with Crippen molar-refractivity contribution in [3.63, 3.8) is 0 Å². The summed E-state index contributed by atoms with van der Waals surface area (Å²) in [7, 11) is -3.98. The molecular formula is C11H7BrClN3O4S. The van der Waals surface area contributed by atoms with Gasteiger partial charge in [0.15, 0.2) is 0 Å². The number of hydrogen-bond donors (Lipinski definition) is 1. The molecule has 0 aliphatic carbocycles. The first-order valence-electron chi connectivity index (χ1n) is 5.38. The fourth-order valence-electron chi connectivity index (χ4n) is 1.45. The highest BCUT2D eigenvalue weighted by Gasteiger charge is 2.21. The van der Waals surface area contributed by atoms with Gasteiger partial charge in [0.25, 0.3) is 15.7 Å². The first-order valence-corrected chi connectivity index (χ1v) is 8.03. The number of hydrogen-bond acceptors (Lipinski definition) is 5. The largest absolute Gasteiger partial charge is 0.271 e. The lowest BCUT2D eigenvalue weighted by Gasteiger charge is -2.08. The van der Waals surface area contributed by atoms with Gasteiger partial charge in [0.2, 0.25) is 0 Å². The fourth-order valence-corrected chi connectivity index (χ4v) is 3.23. The van der Waals surface area contributed by atoms with Crippen LogP contribution < -0.4 is 4.72 Å². The monoisotopic (exact) mass is 391 g/mol. The zero-order valence-electron chi connectivity index (χ0n) is 10.2. The number of halogens is 2. The van der Waals surface area contributed by atoms with E-state index in [0.717, 1.165) is 18.2 Å². The summed E-state index contributed by atoms with van der Waals surface area (Å²) in [4.78, 5) is 13.6. The summed E-state index contributed by atoms with van der Waals surface area (Å²) >= 11 is 8.98. The van der Waals surface area contributed by atoms with Crippen LogP contribution in [0.4, 0.5) is 11.5 Å². The van der Waals surface area contributed by atoms with Crippen LogP contribution in [0.1, 0.15) is 0 Å². The van der Waals surface area contributed by atoms with Gasteiger partial charge in [-0.3, -0.25) is 14.8 Å². The lowest BCUT2D eigenvalue weighted by molar-refractivity contribution is -0.384. The van der Waals surface area contributed by atoms with Gasteiger partial charge in [-0.1, -0.05) is 11.6 Å². The summed E-state index contributed by atoms with van der Waals surface area (Å²) in [6.45, 7) is 0. The number of aromatic nitrogens is 1. The average molecular weight is 393 g/mol. The van der Waals surface area contributed by atoms with Gasteiger partial charge in [0, 0.05) is 22.8 Å². The van der Waals surface area contributed by atoms with Crippen LogP contribution in [-0.2, 0) is 10.0 Å². The second-order valence-electron chi connectivity index (χ2n) is 3.84. The predicted octanol–water partition coefficient (Wildman–Crippen LogP) is 3.21. The van der Waals surface area contributed by atoms with Crippen molar-refractivity contribution in [1.82, 2.24) is 4.98 Å². The van der Waals surface area contributed by atoms with E-state index in [1.807, 2.05) is 0 Å². The normalized spacial score (nSPS) is 11.1. The zero-order chi connectivity index (χ0) is 15.6. The van der Waals surface area contributed by atoms with Gasteiger partial charge < -0.3 is 0 Å². The Labute approximate surface area is 133 Å². The van der Waals surface area contributed by atoms with Gasteiger partial charge in [-0.15, -0.1) is 0 Å². The molecule has 1 N–H and O–H groups in total. The molecule has 1 aromatic carbocycles. The van der Waals surface area contributed by atoms with Crippen LogP contribution in [0.3, 0.4) is 0 Å². The first kappa shape index (κ1) is 15.7. The van der Waals surface area contributed by atoms with Gasteiger partial charge >= 0.3 is 0 Å². The van der Waals surface area contributed by atoms with E-state index in [0.29, 0.717) is 4.47 Å². The van der Waals surface area contributed by atoms with E-state index in [9.17, 15) is 18.5 Å². The lowest BCUT2D eigenvalue weighted by atomic mass is 10.3. The van der Waals surface area contributed by atoms with Crippen LogP contribution in [0, 0.1) is 10.1 Å². The number of sulfonamides is 1. The molecule has 0 bridgehead atoms. The fraction of sp³-hybridized carbons (Fsp3) is 0. The molecule has 2 rings (SSSR count). The smallest absolute Gasteiger partial charge is 0.263 e. The summed E-state index contributed by atoms with van der Waals surface area (Å²) in [5.74, 6) is 0.104. The highest BCUT2D eigenvalue weighted by Crippen LogP contribution is 2.27. The molecule has 0 saturated carbocycles. The second kappa shape index (κ2) is 5.96. The Balaban J connectivity index is 2.35. The van der Waals surface area contributed by atoms with Crippen molar-refractivity contribution in [1.29, 1.82) is 0 Å². The molecule has 0 amide bonds. The van der Waals surface area contributed by atoms with Crippen molar-refractivity contribution in [2.24, 2.45) is 0 Å². The molecule has 0 spiro atoms. The van der Waals surface area contributed by atoms with Crippen LogP contribution >= 0.6 is 27.5 Å². The molecule has 110 valence electrons. The van der Waals surface area contributed by atoms with Gasteiger partial charge in [-0.25, -0.2) is 13.4 Å². The number of pyridine rings is 1. The summed E-state index contributed by atoms with van der Waals surface area (Å²) in [6.07, 6.45) is 1.43. The van der Waals surface area contributed by atoms with E-state index >= 15 is 0 Å². The van der Waals surface area contributed by atoms with Crippen molar-refractivity contribution in [3.05, 3.63) is 56.1 Å². The molecule has 1 heterocycles. The van der Waals surface area contributed by atoms with Crippen LogP contribution in [0.15, 0.2) is 45.9 Å². The van der Waals surface area contributed by atoms with Gasteiger partial charge in [0.05, 0.1) is 9.95 Å². The Morgan fingerprint density at radius 3 is 2.52 bits per heavy atom. The molecular weight excluding hydrogens is 386 g/mol. The number of nitro benzene ring substituents is 1. The predicted molar refractivity (Wildman–Crippen MR) is 80.9 cm³/mol. The Morgan fingerprint density at radius 1 is 1.29 bits per heavy atom. The van der Waals surface area contributed by atoms with E-state index in [-0.39, 0.29) is 21.4 Å². The molecule has 1 aromatic heterocycles. The molecule has 0 atom stereocenters. The average Bonchev–Trinajstić information content (AvgIpc) is 2.40. The van der Waals surface area contributed by atoms with Crippen LogP contribution in [0.2, 0.25) is 5.02 Å². The SMILES string of the molecule is O=[N+]([O-])c1ccc(S(=O)(=O)Nc2ccc(Br)cn2)c(Cl)c1. The van der Waals surface area contributed by atoms with E-state index in [1.165, 1.54) is 12.3 Å². The highest BCUT2D eigenvalue weighted by atomic mass is 79.9. The summed E-state index contributed by atoms with van der Waals surface area (Å²) in [5, 5.41) is 10.4. The maximum absolute atomic E-state index is 12.2. The van der Waals surface area contributed by atoms with E-state index in [1.54, 1.807) is 6.07 Å². The zero-order valence-corrected chi connectivity index (χ0v) is 13.3. The number of anilines is 1. The second-order valence-corrected chi connectivity index (χ2v) is 6.81. The number of benzene rings is 1. The quantitative estimate of drug-likeness (QED) is 0.636. The maximum atomic E-state index is 12.2. The number of nitro groups is 1. The van der Waals surface area contributed by atoms with Crippen LogP contribution in [0.5, 0.6) is 0 Å². The molecule has 0 aliphatic rings. The Bertz CT molecular complexity index is 796. The summed E-state index contributed by atoms with van der Waals surface area (Å²) in [6, 6.07) is 6.19. The first-order chi connectivity index (χ1) is 9.79. The Kier molecular flexibility index (Phi) is 4.45. The van der Waals surface area contributed by atoms with E-state index < -0.39 is 14.9 Å². The third-order valence-electron chi connectivity index (χ3n) is 2.38. The summed E-state index contributed by atoms with van der Waals surface area (Å²) in [5.41, 5.74) is -0.291. The van der Waals surface area contributed by atoms with Crippen molar-refractivity contribution in [2.45, 2.75) is 4.90 Å². The van der Waals surface area contributed by atoms with Crippen molar-refractivity contribution in [3.8, 4) is 0 Å². The number of nitrogens with zero attached hydrogens (tertiary/aromatic N) is 2. The van der Waals surface area contributed by atoms with Crippen LogP contribution in [-0.4, -0.2) is 18.3 Å². The highest BCUT2D eigenvalue weighted by molar-refractivity contribution is 9.10. The third kappa shape index (κ3) is 3.69. The van der Waals surface area contributed by atoms with Crippen molar-refractivity contribution >= 4 is 49.1 Å². The van der Waals surface area contributed by atoms with Crippen molar-refractivity contribution < 1.29 is 13.3 Å². The van der Waals surface area contributed by atoms with E-state index in [4.69, 9.17) is 11.6 Å². The topological polar surface area (TPSA) is 102 Å². The minimum Gasteiger partial charge on any atom is -0.263 e. The molecule has 0 unspecified atom stereocenters. The van der Waals surface area contributed by atoms with Gasteiger partial charge in [0.1, 0.15) is 10.7 Å². The number of rotatable bonds is 4. The molecule has 7 nitrogen and oxygen atoms in total. The van der Waals surface area contributed by atoms with E-state index in [2.05, 4.69) is 25.6 Å². The maximum Gasteiger partial charge on any atom is 0.271 e. The lowest BCUT2D eigenvalue weighted by Crippen LogP contribution is -2.14. The van der Waals surface area contributed by atoms with Gasteiger partial charge in [-0.2, -0.15) is 0 Å². The number of non-ortho nitro benzene ring substituents is 1. The molecule has 0 radical (unpaired) electrons. The minimum atomic E-state index is -3.98. The minimum absolute atomic E-state index is 0.104. The Morgan fingerprint density at radius 2 is 2.00 bits per heavy atom. The summed E-state index contributed by atoms with van der Waals surface area (Å²) < 4.78 is 27.3. The van der Waals surface area contributed by atoms with Crippen LogP contribution in [0.25, 0.3) is 0 Å². The molecule has 2 aromatic rings.